The maximum atomic E-state index is 6.55. The Hall–Kier alpha value is -7.02. The van der Waals surface area contributed by atoms with Crippen molar-refractivity contribution >= 4 is 65.0 Å². The Bertz CT molecular complexity index is 3220. The molecule has 0 radical (unpaired) electrons. The first-order valence-corrected chi connectivity index (χ1v) is 18.7. The van der Waals surface area contributed by atoms with E-state index < -0.39 is 0 Å². The number of thiazole rings is 1. The van der Waals surface area contributed by atoms with E-state index in [0.29, 0.717) is 17.5 Å². The second-order valence-corrected chi connectivity index (χ2v) is 14.5. The lowest BCUT2D eigenvalue weighted by atomic mass is 9.96. The molecule has 0 saturated heterocycles. The number of furan rings is 1. The average Bonchev–Trinajstić information content (AvgIpc) is 3.83. The molecule has 0 N–H and O–H groups in total. The predicted octanol–water partition coefficient (Wildman–Crippen LogP) is 13.0. The van der Waals surface area contributed by atoms with E-state index in [1.54, 1.807) is 11.3 Å². The van der Waals surface area contributed by atoms with Gasteiger partial charge in [-0.25, -0.2) is 19.9 Å². The Morgan fingerprint density at radius 1 is 0.389 bits per heavy atom. The summed E-state index contributed by atoms with van der Waals surface area (Å²) in [6, 6.07) is 58.7. The molecule has 3 aromatic heterocycles. The lowest BCUT2D eigenvalue weighted by Gasteiger charge is -2.13. The van der Waals surface area contributed by atoms with Crippen molar-refractivity contribution in [2.45, 2.75) is 0 Å². The van der Waals surface area contributed by atoms with Crippen LogP contribution in [0.1, 0.15) is 0 Å². The maximum Gasteiger partial charge on any atom is 0.164 e. The average molecular weight is 709 g/mol. The van der Waals surface area contributed by atoms with Gasteiger partial charge >= 0.3 is 0 Å². The van der Waals surface area contributed by atoms with Crippen molar-refractivity contribution in [3.8, 4) is 55.9 Å². The highest BCUT2D eigenvalue weighted by atomic mass is 32.1. The molecule has 11 aromatic rings. The van der Waals surface area contributed by atoms with Crippen LogP contribution >= 0.6 is 11.3 Å². The Morgan fingerprint density at radius 2 is 1.04 bits per heavy atom. The summed E-state index contributed by atoms with van der Waals surface area (Å²) < 4.78 is 7.62. The number of rotatable bonds is 5. The van der Waals surface area contributed by atoms with E-state index >= 15 is 0 Å². The van der Waals surface area contributed by atoms with Crippen molar-refractivity contribution in [1.82, 2.24) is 19.9 Å². The van der Waals surface area contributed by atoms with Crippen LogP contribution in [0.4, 0.5) is 0 Å². The van der Waals surface area contributed by atoms with Gasteiger partial charge in [0.15, 0.2) is 17.5 Å². The van der Waals surface area contributed by atoms with E-state index in [4.69, 9.17) is 24.4 Å². The molecule has 0 aliphatic rings. The summed E-state index contributed by atoms with van der Waals surface area (Å²) in [7, 11) is 0. The van der Waals surface area contributed by atoms with Crippen LogP contribution in [0.3, 0.4) is 0 Å². The third-order valence-electron chi connectivity index (χ3n) is 10.1. The number of nitrogens with zero attached hydrogens (tertiary/aromatic N) is 4. The lowest BCUT2D eigenvalue weighted by Crippen LogP contribution is -2.01. The van der Waals surface area contributed by atoms with Gasteiger partial charge in [-0.05, 0) is 56.9 Å². The zero-order valence-electron chi connectivity index (χ0n) is 28.8. The number of hydrogen-bond donors (Lipinski definition) is 0. The van der Waals surface area contributed by atoms with Gasteiger partial charge in [-0.1, -0.05) is 140 Å². The first-order chi connectivity index (χ1) is 26.7. The van der Waals surface area contributed by atoms with Crippen LogP contribution in [0.15, 0.2) is 174 Å². The Morgan fingerprint density at radius 3 is 1.87 bits per heavy atom. The van der Waals surface area contributed by atoms with Crippen molar-refractivity contribution in [3.05, 3.63) is 170 Å². The van der Waals surface area contributed by atoms with Crippen LogP contribution < -0.4 is 0 Å². The normalized spacial score (nSPS) is 11.7. The van der Waals surface area contributed by atoms with Crippen molar-refractivity contribution in [3.63, 3.8) is 0 Å². The van der Waals surface area contributed by atoms with Crippen LogP contribution in [0.5, 0.6) is 0 Å². The molecule has 252 valence electrons. The zero-order chi connectivity index (χ0) is 35.6. The zero-order valence-corrected chi connectivity index (χ0v) is 29.6. The van der Waals surface area contributed by atoms with Gasteiger partial charge in [-0.2, -0.15) is 0 Å². The molecule has 0 unspecified atom stereocenters. The molecule has 6 heteroatoms. The highest BCUT2D eigenvalue weighted by Gasteiger charge is 2.21. The molecule has 0 atom stereocenters. The van der Waals surface area contributed by atoms with Gasteiger partial charge in [0.2, 0.25) is 0 Å². The van der Waals surface area contributed by atoms with Crippen LogP contribution in [-0.4, -0.2) is 19.9 Å². The molecule has 5 nitrogen and oxygen atoms in total. The highest BCUT2D eigenvalue weighted by Crippen LogP contribution is 2.41. The minimum Gasteiger partial charge on any atom is -0.456 e. The fraction of sp³-hybridized carbons (Fsp3) is 0. The van der Waals surface area contributed by atoms with Crippen molar-refractivity contribution in [1.29, 1.82) is 0 Å². The summed E-state index contributed by atoms with van der Waals surface area (Å²) in [5.41, 5.74) is 8.57. The van der Waals surface area contributed by atoms with Crippen LogP contribution in [0, 0.1) is 0 Å². The molecule has 8 aromatic carbocycles. The van der Waals surface area contributed by atoms with Crippen LogP contribution in [0.2, 0.25) is 0 Å². The summed E-state index contributed by atoms with van der Waals surface area (Å²) in [6.45, 7) is 0. The predicted molar refractivity (Wildman–Crippen MR) is 222 cm³/mol. The topological polar surface area (TPSA) is 64.7 Å². The van der Waals surface area contributed by atoms with Crippen molar-refractivity contribution in [2.24, 2.45) is 0 Å². The Balaban J connectivity index is 1.16. The first kappa shape index (κ1) is 30.6. The maximum absolute atomic E-state index is 6.55. The first-order valence-electron chi connectivity index (χ1n) is 17.9. The summed E-state index contributed by atoms with van der Waals surface area (Å²) in [5.74, 6) is 1.79. The lowest BCUT2D eigenvalue weighted by molar-refractivity contribution is 0.669. The monoisotopic (exact) mass is 708 g/mol. The molecule has 11 rings (SSSR count). The molecule has 54 heavy (non-hydrogen) atoms. The standard InChI is InChI=1S/C48H28N4OS/c1-3-13-29(14-4-1)31-18-11-19-33(25-31)45-50-46(52-47(51-45)38-26-32-17-7-8-20-34(32)35-21-9-10-22-36(35)38)37-23-12-24-41-44(37)39-27-40-43(28-42(39)53-41)54-48(49-40)30-15-5-2-6-16-30/h1-28H. The summed E-state index contributed by atoms with van der Waals surface area (Å²) in [6.07, 6.45) is 0. The number of aromatic nitrogens is 4. The van der Waals surface area contributed by atoms with Gasteiger partial charge in [0.25, 0.3) is 0 Å². The van der Waals surface area contributed by atoms with Crippen LogP contribution in [0.25, 0.3) is 110 Å². The third-order valence-corrected chi connectivity index (χ3v) is 11.2. The van der Waals surface area contributed by atoms with E-state index in [0.717, 1.165) is 86.7 Å². The molecule has 0 fully saturated rings. The van der Waals surface area contributed by atoms with Crippen molar-refractivity contribution < 1.29 is 4.42 Å². The third kappa shape index (κ3) is 5.07. The second kappa shape index (κ2) is 12.3. The van der Waals surface area contributed by atoms with Gasteiger partial charge < -0.3 is 4.42 Å². The summed E-state index contributed by atoms with van der Waals surface area (Å²) in [4.78, 5) is 20.8. The van der Waals surface area contributed by atoms with Gasteiger partial charge in [0.05, 0.1) is 10.2 Å². The highest BCUT2D eigenvalue weighted by molar-refractivity contribution is 7.21. The molecule has 0 spiro atoms. The minimum absolute atomic E-state index is 0.578. The molecule has 0 aliphatic carbocycles. The Kier molecular flexibility index (Phi) is 6.97. The van der Waals surface area contributed by atoms with Gasteiger partial charge in [0.1, 0.15) is 16.2 Å². The molecule has 0 aliphatic heterocycles. The second-order valence-electron chi connectivity index (χ2n) is 13.4. The number of fused-ring (bicyclic) bond motifs is 7. The minimum atomic E-state index is 0.578. The largest absolute Gasteiger partial charge is 0.456 e. The Labute approximate surface area is 313 Å². The summed E-state index contributed by atoms with van der Waals surface area (Å²) >= 11 is 1.67. The quantitative estimate of drug-likeness (QED) is 0.167. The van der Waals surface area contributed by atoms with Gasteiger partial charge in [-0.15, -0.1) is 11.3 Å². The van der Waals surface area contributed by atoms with E-state index in [-0.39, 0.29) is 0 Å². The molecule has 0 saturated carbocycles. The van der Waals surface area contributed by atoms with E-state index in [2.05, 4.69) is 133 Å². The van der Waals surface area contributed by atoms with Crippen molar-refractivity contribution in [2.75, 3.05) is 0 Å². The van der Waals surface area contributed by atoms with Gasteiger partial charge in [0, 0.05) is 39.1 Å². The molecular weight excluding hydrogens is 681 g/mol. The molecule has 3 heterocycles. The SMILES string of the molecule is c1ccc(-c2cccc(-c3nc(-c4cc5ccccc5c5ccccc45)nc(-c4cccc5oc6cc7sc(-c8ccccc8)nc7cc6c45)n3)c2)cc1. The molecule has 0 bridgehead atoms. The fourth-order valence-corrected chi connectivity index (χ4v) is 8.57. The van der Waals surface area contributed by atoms with Crippen LogP contribution in [-0.2, 0) is 0 Å². The van der Waals surface area contributed by atoms with E-state index in [1.807, 2.05) is 36.4 Å². The summed E-state index contributed by atoms with van der Waals surface area (Å²) in [5, 5.41) is 7.48. The van der Waals surface area contributed by atoms with Gasteiger partial charge in [-0.3, -0.25) is 0 Å². The number of benzene rings is 8. The molecular formula is C48H28N4OS. The van der Waals surface area contributed by atoms with E-state index in [9.17, 15) is 0 Å². The van der Waals surface area contributed by atoms with E-state index in [1.165, 1.54) is 5.39 Å². The molecule has 0 amide bonds. The fourth-order valence-electron chi connectivity index (χ4n) is 7.59. The smallest absolute Gasteiger partial charge is 0.164 e. The number of hydrogen-bond acceptors (Lipinski definition) is 6.